The number of anilines is 1. The second-order valence-corrected chi connectivity index (χ2v) is 6.65. The summed E-state index contributed by atoms with van der Waals surface area (Å²) in [5, 5.41) is 16.5. The number of nitrogens with zero attached hydrogens (tertiary/aromatic N) is 5. The summed E-state index contributed by atoms with van der Waals surface area (Å²) in [4.78, 5) is 13.8. The molecule has 4 N–H and O–H groups in total. The van der Waals surface area contributed by atoms with E-state index in [1.54, 1.807) is 0 Å². The summed E-state index contributed by atoms with van der Waals surface area (Å²) >= 11 is 0. The number of hydrogen-bond acceptors (Lipinski definition) is 6. The fourth-order valence-electron chi connectivity index (χ4n) is 3.50. The number of aliphatic hydroxyl groups is 1. The molecular formula is C22H17N7O. The minimum absolute atomic E-state index is 0.255. The lowest BCUT2D eigenvalue weighted by Crippen LogP contribution is -2.07. The van der Waals surface area contributed by atoms with E-state index in [1.165, 1.54) is 0 Å². The molecule has 2 aromatic carbocycles. The second kappa shape index (κ2) is 7.31. The zero-order chi connectivity index (χ0) is 20.5. The maximum absolute atomic E-state index is 8.91. The van der Waals surface area contributed by atoms with Crippen molar-refractivity contribution in [3.8, 4) is 17.5 Å². The lowest BCUT2D eigenvalue weighted by Gasteiger charge is -2.09. The average Bonchev–Trinajstić information content (AvgIpc) is 3.34. The van der Waals surface area contributed by atoms with Gasteiger partial charge < -0.3 is 10.8 Å². The Morgan fingerprint density at radius 1 is 1.00 bits per heavy atom. The normalized spacial score (nSPS) is 11.0. The van der Waals surface area contributed by atoms with E-state index in [-0.39, 0.29) is 12.4 Å². The van der Waals surface area contributed by atoms with E-state index >= 15 is 0 Å². The Hall–Kier alpha value is -4.22. The number of imidazole rings is 1. The van der Waals surface area contributed by atoms with Crippen molar-refractivity contribution in [2.24, 2.45) is 0 Å². The number of benzene rings is 2. The molecule has 0 atom stereocenters. The summed E-state index contributed by atoms with van der Waals surface area (Å²) in [5.74, 6) is 6.96. The maximum atomic E-state index is 8.91. The predicted octanol–water partition coefficient (Wildman–Crippen LogP) is 2.21. The molecule has 0 fully saturated rings. The molecule has 0 radical (unpaired) electrons. The molecule has 8 heteroatoms. The van der Waals surface area contributed by atoms with Crippen LogP contribution in [0.2, 0.25) is 0 Å². The SMILES string of the molecule is Nc1nc(Cc2nc3ccccc3n2-c2ccccc2)nc2n[nH]c(C#CCO)c12. The van der Waals surface area contributed by atoms with Gasteiger partial charge in [0, 0.05) is 5.69 Å². The molecule has 30 heavy (non-hydrogen) atoms. The summed E-state index contributed by atoms with van der Waals surface area (Å²) in [6.45, 7) is -0.255. The first-order valence-corrected chi connectivity index (χ1v) is 9.36. The highest BCUT2D eigenvalue weighted by Gasteiger charge is 2.17. The fraction of sp³-hybridized carbons (Fsp3) is 0.0909. The third-order valence-electron chi connectivity index (χ3n) is 4.74. The Kier molecular flexibility index (Phi) is 4.35. The fourth-order valence-corrected chi connectivity index (χ4v) is 3.50. The van der Waals surface area contributed by atoms with E-state index in [9.17, 15) is 0 Å². The van der Waals surface area contributed by atoms with E-state index < -0.39 is 0 Å². The topological polar surface area (TPSA) is 119 Å². The average molecular weight is 395 g/mol. The van der Waals surface area contributed by atoms with Crippen LogP contribution in [0, 0.1) is 11.8 Å². The summed E-state index contributed by atoms with van der Waals surface area (Å²) < 4.78 is 2.10. The predicted molar refractivity (Wildman–Crippen MR) is 114 cm³/mol. The molecule has 0 saturated heterocycles. The molecule has 0 aliphatic carbocycles. The van der Waals surface area contributed by atoms with Gasteiger partial charge in [-0.15, -0.1) is 0 Å². The number of rotatable bonds is 3. The van der Waals surface area contributed by atoms with Gasteiger partial charge in [0.2, 0.25) is 0 Å². The molecule has 0 spiro atoms. The van der Waals surface area contributed by atoms with Crippen LogP contribution in [0.5, 0.6) is 0 Å². The number of aromatic nitrogens is 6. The Morgan fingerprint density at radius 2 is 1.80 bits per heavy atom. The Labute approximate surface area is 171 Å². The van der Waals surface area contributed by atoms with Gasteiger partial charge in [0.15, 0.2) is 5.65 Å². The summed E-state index contributed by atoms with van der Waals surface area (Å²) in [7, 11) is 0. The number of hydrogen-bond donors (Lipinski definition) is 3. The van der Waals surface area contributed by atoms with Crippen LogP contribution in [0.3, 0.4) is 0 Å². The van der Waals surface area contributed by atoms with E-state index in [0.29, 0.717) is 29.0 Å². The lowest BCUT2D eigenvalue weighted by atomic mass is 10.2. The number of nitrogen functional groups attached to an aromatic ring is 1. The molecule has 0 unspecified atom stereocenters. The first-order valence-electron chi connectivity index (χ1n) is 9.36. The third kappa shape index (κ3) is 3.03. The monoisotopic (exact) mass is 395 g/mol. The highest BCUT2D eigenvalue weighted by atomic mass is 16.2. The van der Waals surface area contributed by atoms with Gasteiger partial charge in [-0.1, -0.05) is 36.3 Å². The molecule has 3 heterocycles. The first-order chi connectivity index (χ1) is 14.7. The minimum Gasteiger partial charge on any atom is -0.384 e. The van der Waals surface area contributed by atoms with E-state index in [2.05, 4.69) is 36.6 Å². The van der Waals surface area contributed by atoms with Gasteiger partial charge in [0.25, 0.3) is 0 Å². The van der Waals surface area contributed by atoms with Crippen LogP contribution in [0.1, 0.15) is 17.3 Å². The Balaban J connectivity index is 1.62. The van der Waals surface area contributed by atoms with Crippen molar-refractivity contribution in [2.45, 2.75) is 6.42 Å². The molecule has 0 aliphatic heterocycles. The van der Waals surface area contributed by atoms with Crippen molar-refractivity contribution in [1.82, 2.24) is 29.7 Å². The van der Waals surface area contributed by atoms with Crippen molar-refractivity contribution < 1.29 is 5.11 Å². The second-order valence-electron chi connectivity index (χ2n) is 6.65. The maximum Gasteiger partial charge on any atom is 0.187 e. The molecule has 0 saturated carbocycles. The quantitative estimate of drug-likeness (QED) is 0.403. The Bertz CT molecular complexity index is 1420. The van der Waals surface area contributed by atoms with Crippen molar-refractivity contribution in [1.29, 1.82) is 0 Å². The van der Waals surface area contributed by atoms with Crippen LogP contribution in [0.25, 0.3) is 27.8 Å². The minimum atomic E-state index is -0.255. The van der Waals surface area contributed by atoms with Gasteiger partial charge in [-0.25, -0.2) is 15.0 Å². The molecule has 0 amide bonds. The molecule has 5 rings (SSSR count). The van der Waals surface area contributed by atoms with Gasteiger partial charge in [-0.3, -0.25) is 9.67 Å². The smallest absolute Gasteiger partial charge is 0.187 e. The molecule has 5 aromatic rings. The highest BCUT2D eigenvalue weighted by molar-refractivity contribution is 5.90. The number of para-hydroxylation sites is 3. The summed E-state index contributed by atoms with van der Waals surface area (Å²) in [6.07, 6.45) is 0.383. The van der Waals surface area contributed by atoms with E-state index in [1.807, 2.05) is 54.6 Å². The van der Waals surface area contributed by atoms with Crippen LogP contribution >= 0.6 is 0 Å². The molecule has 3 aromatic heterocycles. The summed E-state index contributed by atoms with van der Waals surface area (Å²) in [6, 6.07) is 18.0. The largest absolute Gasteiger partial charge is 0.384 e. The van der Waals surface area contributed by atoms with Crippen molar-refractivity contribution in [2.75, 3.05) is 12.3 Å². The third-order valence-corrected chi connectivity index (χ3v) is 4.74. The first kappa shape index (κ1) is 17.8. The lowest BCUT2D eigenvalue weighted by molar-refractivity contribution is 0.350. The molecule has 146 valence electrons. The number of nitrogens with two attached hydrogens (primary N) is 1. The van der Waals surface area contributed by atoms with Crippen LogP contribution in [-0.4, -0.2) is 41.4 Å². The number of H-pyrrole nitrogens is 1. The van der Waals surface area contributed by atoms with Gasteiger partial charge in [-0.05, 0) is 30.2 Å². The number of nitrogens with one attached hydrogen (secondary N) is 1. The molecule has 8 nitrogen and oxygen atoms in total. The van der Waals surface area contributed by atoms with Crippen molar-refractivity contribution in [3.05, 3.63) is 71.9 Å². The van der Waals surface area contributed by atoms with Gasteiger partial charge >= 0.3 is 0 Å². The van der Waals surface area contributed by atoms with Crippen molar-refractivity contribution >= 4 is 27.9 Å². The zero-order valence-electron chi connectivity index (χ0n) is 15.9. The van der Waals surface area contributed by atoms with Gasteiger partial charge in [-0.2, -0.15) is 5.10 Å². The van der Waals surface area contributed by atoms with Crippen LogP contribution in [0.15, 0.2) is 54.6 Å². The molecule has 0 bridgehead atoms. The van der Waals surface area contributed by atoms with Crippen molar-refractivity contribution in [3.63, 3.8) is 0 Å². The van der Waals surface area contributed by atoms with Crippen LogP contribution in [-0.2, 0) is 6.42 Å². The summed E-state index contributed by atoms with van der Waals surface area (Å²) in [5.41, 5.74) is 10.0. The number of aliphatic hydroxyl groups excluding tert-OH is 1. The van der Waals surface area contributed by atoms with E-state index in [4.69, 9.17) is 15.8 Å². The number of fused-ring (bicyclic) bond motifs is 2. The standard InChI is InChI=1S/C22H17N7O/c23-21-20-16(10-6-12-30)27-28-22(20)26-18(25-21)13-19-24-15-9-4-5-11-17(15)29(19)14-7-2-1-3-8-14/h1-5,7-9,11,30H,12-13H2,(H3,23,25,26,27,28). The molecule has 0 aliphatic rings. The van der Waals surface area contributed by atoms with Gasteiger partial charge in [0.1, 0.15) is 29.8 Å². The van der Waals surface area contributed by atoms with Crippen LogP contribution in [0.4, 0.5) is 5.82 Å². The van der Waals surface area contributed by atoms with E-state index in [0.717, 1.165) is 22.5 Å². The van der Waals surface area contributed by atoms with Crippen LogP contribution < -0.4 is 5.73 Å². The Morgan fingerprint density at radius 3 is 2.63 bits per heavy atom. The van der Waals surface area contributed by atoms with Gasteiger partial charge in [0.05, 0.1) is 22.8 Å². The zero-order valence-corrected chi connectivity index (χ0v) is 15.9. The molecular weight excluding hydrogens is 378 g/mol. The highest BCUT2D eigenvalue weighted by Crippen LogP contribution is 2.24. The number of aromatic amines is 1.